The maximum absolute atomic E-state index is 4.62. The first-order valence-electron chi connectivity index (χ1n) is 10.0. The first kappa shape index (κ1) is 18.3. The lowest BCUT2D eigenvalue weighted by molar-refractivity contribution is 0.949. The number of nitrogens with one attached hydrogen (secondary N) is 2. The molecule has 28 heavy (non-hydrogen) atoms. The molecule has 0 amide bonds. The van der Waals surface area contributed by atoms with Gasteiger partial charge in [-0.2, -0.15) is 4.98 Å². The van der Waals surface area contributed by atoms with Crippen LogP contribution in [0.4, 0.5) is 28.8 Å². The molecule has 1 aliphatic heterocycles. The van der Waals surface area contributed by atoms with Crippen LogP contribution in [0.15, 0.2) is 54.6 Å². The van der Waals surface area contributed by atoms with Crippen LogP contribution in [0.1, 0.15) is 31.0 Å². The molecular formula is C23H27N5. The minimum atomic E-state index is 0.598. The van der Waals surface area contributed by atoms with Gasteiger partial charge in [0.05, 0.1) is 0 Å². The first-order valence-corrected chi connectivity index (χ1v) is 10.0. The molecule has 3 aromatic rings. The number of nitrogens with zero attached hydrogens (tertiary/aromatic N) is 3. The third-order valence-electron chi connectivity index (χ3n) is 5.08. The molecule has 1 saturated heterocycles. The Morgan fingerprint density at radius 1 is 0.857 bits per heavy atom. The van der Waals surface area contributed by atoms with Gasteiger partial charge in [-0.25, -0.2) is 4.98 Å². The Balaban J connectivity index is 1.47. The van der Waals surface area contributed by atoms with E-state index in [2.05, 4.69) is 81.0 Å². The smallest absolute Gasteiger partial charge is 0.229 e. The van der Waals surface area contributed by atoms with Gasteiger partial charge in [-0.3, -0.25) is 0 Å². The van der Waals surface area contributed by atoms with Gasteiger partial charge in [0.25, 0.3) is 0 Å². The van der Waals surface area contributed by atoms with Gasteiger partial charge in [-0.05, 0) is 68.1 Å². The van der Waals surface area contributed by atoms with Gasteiger partial charge in [0, 0.05) is 41.9 Å². The highest BCUT2D eigenvalue weighted by atomic mass is 15.2. The van der Waals surface area contributed by atoms with Gasteiger partial charge in [0.1, 0.15) is 5.82 Å². The molecule has 0 aliphatic carbocycles. The highest BCUT2D eigenvalue weighted by Gasteiger charge is 2.12. The molecule has 0 spiro atoms. The van der Waals surface area contributed by atoms with E-state index in [1.807, 2.05) is 13.0 Å². The molecule has 0 bridgehead atoms. The Morgan fingerprint density at radius 3 is 2.18 bits per heavy atom. The standard InChI is InChI=1S/C23H27N5/c1-3-18-6-8-20(9-7-18)26-23-24-17(2)16-22(27-23)25-19-10-12-21(13-11-19)28-14-4-5-15-28/h6-13,16H,3-5,14-15H2,1-2H3,(H2,24,25,26,27). The highest BCUT2D eigenvalue weighted by molar-refractivity contribution is 5.63. The number of benzene rings is 2. The second-order valence-electron chi connectivity index (χ2n) is 7.26. The topological polar surface area (TPSA) is 53.1 Å². The summed E-state index contributed by atoms with van der Waals surface area (Å²) >= 11 is 0. The maximum Gasteiger partial charge on any atom is 0.229 e. The van der Waals surface area contributed by atoms with Gasteiger partial charge >= 0.3 is 0 Å². The summed E-state index contributed by atoms with van der Waals surface area (Å²) in [6.07, 6.45) is 3.61. The molecule has 1 aromatic heterocycles. The number of hydrogen-bond donors (Lipinski definition) is 2. The van der Waals surface area contributed by atoms with Crippen LogP contribution < -0.4 is 15.5 Å². The monoisotopic (exact) mass is 373 g/mol. The lowest BCUT2D eigenvalue weighted by Crippen LogP contribution is -2.17. The normalized spacial score (nSPS) is 13.6. The number of rotatable bonds is 6. The predicted octanol–water partition coefficient (Wildman–Crippen LogP) is 5.43. The number of aromatic nitrogens is 2. The molecule has 0 atom stereocenters. The first-order chi connectivity index (χ1) is 13.7. The van der Waals surface area contributed by atoms with Gasteiger partial charge in [0.2, 0.25) is 5.95 Å². The van der Waals surface area contributed by atoms with Crippen molar-refractivity contribution in [1.82, 2.24) is 9.97 Å². The molecule has 0 saturated carbocycles. The van der Waals surface area contributed by atoms with Crippen molar-refractivity contribution in [2.24, 2.45) is 0 Å². The van der Waals surface area contributed by atoms with Crippen LogP contribution in [0.3, 0.4) is 0 Å². The molecule has 1 aliphatic rings. The van der Waals surface area contributed by atoms with Crippen LogP contribution >= 0.6 is 0 Å². The van der Waals surface area contributed by atoms with E-state index in [9.17, 15) is 0 Å². The molecule has 144 valence electrons. The summed E-state index contributed by atoms with van der Waals surface area (Å²) in [5, 5.41) is 6.70. The van der Waals surface area contributed by atoms with Crippen LogP contribution in [0, 0.1) is 6.92 Å². The van der Waals surface area contributed by atoms with Crippen molar-refractivity contribution in [3.05, 3.63) is 65.9 Å². The van der Waals surface area contributed by atoms with E-state index in [1.165, 1.54) is 24.1 Å². The van der Waals surface area contributed by atoms with Crippen LogP contribution in [-0.2, 0) is 6.42 Å². The van der Waals surface area contributed by atoms with Crippen molar-refractivity contribution in [3.8, 4) is 0 Å². The third kappa shape index (κ3) is 4.42. The van der Waals surface area contributed by atoms with Crippen molar-refractivity contribution in [2.45, 2.75) is 33.1 Å². The summed E-state index contributed by atoms with van der Waals surface area (Å²) in [4.78, 5) is 11.6. The predicted molar refractivity (Wildman–Crippen MR) is 117 cm³/mol. The molecule has 4 rings (SSSR count). The second-order valence-corrected chi connectivity index (χ2v) is 7.26. The van der Waals surface area contributed by atoms with Crippen molar-refractivity contribution in [1.29, 1.82) is 0 Å². The van der Waals surface area contributed by atoms with Crippen LogP contribution in [0.25, 0.3) is 0 Å². The molecule has 1 fully saturated rings. The third-order valence-corrected chi connectivity index (χ3v) is 5.08. The Labute approximate surface area is 166 Å². The summed E-state index contributed by atoms with van der Waals surface area (Å²) in [7, 11) is 0. The molecule has 2 aromatic carbocycles. The molecule has 0 radical (unpaired) electrons. The van der Waals surface area contributed by atoms with Crippen LogP contribution in [0.2, 0.25) is 0 Å². The summed E-state index contributed by atoms with van der Waals surface area (Å²) in [6, 6.07) is 18.9. The fraction of sp³-hybridized carbons (Fsp3) is 0.304. The Hall–Kier alpha value is -3.08. The summed E-state index contributed by atoms with van der Waals surface area (Å²) in [5.41, 5.74) is 5.54. The van der Waals surface area contributed by atoms with Crippen molar-refractivity contribution in [3.63, 3.8) is 0 Å². The summed E-state index contributed by atoms with van der Waals surface area (Å²) in [6.45, 7) is 6.45. The van der Waals surface area contributed by atoms with Crippen LogP contribution in [0.5, 0.6) is 0 Å². The average Bonchev–Trinajstić information content (AvgIpc) is 3.23. The van der Waals surface area contributed by atoms with Crippen LogP contribution in [-0.4, -0.2) is 23.1 Å². The molecule has 5 heteroatoms. The van der Waals surface area contributed by atoms with Crippen molar-refractivity contribution in [2.75, 3.05) is 28.6 Å². The van der Waals surface area contributed by atoms with E-state index in [1.54, 1.807) is 0 Å². The van der Waals surface area contributed by atoms with E-state index >= 15 is 0 Å². The zero-order valence-corrected chi connectivity index (χ0v) is 16.6. The lowest BCUT2D eigenvalue weighted by atomic mass is 10.1. The van der Waals surface area contributed by atoms with E-state index in [4.69, 9.17) is 0 Å². The molecule has 0 unspecified atom stereocenters. The van der Waals surface area contributed by atoms with E-state index in [0.29, 0.717) is 5.95 Å². The zero-order chi connectivity index (χ0) is 19.3. The van der Waals surface area contributed by atoms with Crippen molar-refractivity contribution < 1.29 is 0 Å². The number of anilines is 5. The number of aryl methyl sites for hydroxylation is 2. The fourth-order valence-electron chi connectivity index (χ4n) is 3.52. The van der Waals surface area contributed by atoms with E-state index in [0.717, 1.165) is 42.4 Å². The molecule has 5 nitrogen and oxygen atoms in total. The average molecular weight is 374 g/mol. The molecule has 2 N–H and O–H groups in total. The van der Waals surface area contributed by atoms with E-state index in [-0.39, 0.29) is 0 Å². The summed E-state index contributed by atoms with van der Waals surface area (Å²) < 4.78 is 0. The molecular weight excluding hydrogens is 346 g/mol. The minimum absolute atomic E-state index is 0.598. The lowest BCUT2D eigenvalue weighted by Gasteiger charge is -2.18. The zero-order valence-electron chi connectivity index (χ0n) is 16.6. The molecule has 2 heterocycles. The van der Waals surface area contributed by atoms with Crippen molar-refractivity contribution >= 4 is 28.8 Å². The Bertz CT molecular complexity index is 913. The number of hydrogen-bond acceptors (Lipinski definition) is 5. The fourth-order valence-corrected chi connectivity index (χ4v) is 3.52. The largest absolute Gasteiger partial charge is 0.372 e. The Morgan fingerprint density at radius 2 is 1.50 bits per heavy atom. The van der Waals surface area contributed by atoms with E-state index < -0.39 is 0 Å². The van der Waals surface area contributed by atoms with Gasteiger partial charge in [-0.15, -0.1) is 0 Å². The minimum Gasteiger partial charge on any atom is -0.372 e. The highest BCUT2D eigenvalue weighted by Crippen LogP contribution is 2.24. The quantitative estimate of drug-likeness (QED) is 0.603. The Kier molecular flexibility index (Phi) is 5.42. The second kappa shape index (κ2) is 8.30. The van der Waals surface area contributed by atoms with Gasteiger partial charge in [-0.1, -0.05) is 19.1 Å². The van der Waals surface area contributed by atoms with Gasteiger partial charge < -0.3 is 15.5 Å². The van der Waals surface area contributed by atoms with Gasteiger partial charge in [0.15, 0.2) is 0 Å². The summed E-state index contributed by atoms with van der Waals surface area (Å²) in [5.74, 6) is 1.38. The maximum atomic E-state index is 4.62. The SMILES string of the molecule is CCc1ccc(Nc2nc(C)cc(Nc3ccc(N4CCCC4)cc3)n2)cc1.